The number of aromatic nitrogens is 1. The molecule has 0 saturated carbocycles. The number of carbonyl (C=O) groups is 1. The van der Waals surface area contributed by atoms with Crippen molar-refractivity contribution >= 4 is 39.2 Å². The summed E-state index contributed by atoms with van der Waals surface area (Å²) in [6.07, 6.45) is 2.07. The lowest BCUT2D eigenvalue weighted by molar-refractivity contribution is -0.129. The van der Waals surface area contributed by atoms with Gasteiger partial charge in [0.1, 0.15) is 5.01 Å². The van der Waals surface area contributed by atoms with E-state index in [1.165, 1.54) is 4.70 Å². The number of hydrogen-bond acceptors (Lipinski definition) is 4. The van der Waals surface area contributed by atoms with Crippen molar-refractivity contribution in [1.29, 1.82) is 0 Å². The van der Waals surface area contributed by atoms with Crippen LogP contribution in [0.25, 0.3) is 10.2 Å². The van der Waals surface area contributed by atoms with Gasteiger partial charge in [0.2, 0.25) is 5.91 Å². The van der Waals surface area contributed by atoms with Crippen LogP contribution in [0.15, 0.2) is 59.5 Å². The lowest BCUT2D eigenvalue weighted by Crippen LogP contribution is -2.31. The van der Waals surface area contributed by atoms with Crippen molar-refractivity contribution in [3.05, 3.63) is 59.6 Å². The van der Waals surface area contributed by atoms with Crippen molar-refractivity contribution in [2.24, 2.45) is 0 Å². The average molecular weight is 354 g/mol. The van der Waals surface area contributed by atoms with E-state index < -0.39 is 0 Å². The highest BCUT2D eigenvalue weighted by Crippen LogP contribution is 2.37. The minimum Gasteiger partial charge on any atom is -0.332 e. The van der Waals surface area contributed by atoms with Crippen LogP contribution in [0.3, 0.4) is 0 Å². The van der Waals surface area contributed by atoms with Gasteiger partial charge in [0.15, 0.2) is 0 Å². The molecule has 4 rings (SSSR count). The van der Waals surface area contributed by atoms with Crippen molar-refractivity contribution in [2.45, 2.75) is 23.8 Å². The van der Waals surface area contributed by atoms with Gasteiger partial charge in [-0.15, -0.1) is 23.1 Å². The maximum absolute atomic E-state index is 12.7. The first-order chi connectivity index (χ1) is 11.8. The maximum Gasteiger partial charge on any atom is 0.233 e. The molecule has 0 radical (unpaired) electrons. The highest BCUT2D eigenvalue weighted by Gasteiger charge is 2.31. The van der Waals surface area contributed by atoms with Crippen LogP contribution >= 0.6 is 23.1 Å². The lowest BCUT2D eigenvalue weighted by Gasteiger charge is -2.23. The molecule has 0 spiro atoms. The van der Waals surface area contributed by atoms with Crippen molar-refractivity contribution in [1.82, 2.24) is 9.88 Å². The summed E-state index contributed by atoms with van der Waals surface area (Å²) in [6, 6.07) is 18.4. The molecule has 24 heavy (non-hydrogen) atoms. The third-order valence-corrected chi connectivity index (χ3v) is 6.41. The van der Waals surface area contributed by atoms with Gasteiger partial charge in [-0.3, -0.25) is 4.79 Å². The van der Waals surface area contributed by atoms with E-state index in [1.807, 2.05) is 53.4 Å². The molecule has 1 aliphatic heterocycles. The topological polar surface area (TPSA) is 33.2 Å². The van der Waals surface area contributed by atoms with E-state index in [2.05, 4.69) is 6.07 Å². The second-order valence-electron chi connectivity index (χ2n) is 5.87. The number of fused-ring (bicyclic) bond motifs is 1. The Kier molecular flexibility index (Phi) is 4.54. The fourth-order valence-electron chi connectivity index (χ4n) is 3.10. The number of para-hydroxylation sites is 1. The van der Waals surface area contributed by atoms with Gasteiger partial charge in [0.25, 0.3) is 0 Å². The molecule has 122 valence electrons. The van der Waals surface area contributed by atoms with Crippen LogP contribution in [0, 0.1) is 0 Å². The van der Waals surface area contributed by atoms with Gasteiger partial charge in [0.05, 0.1) is 22.0 Å². The minimum atomic E-state index is 0.145. The summed E-state index contributed by atoms with van der Waals surface area (Å²) in [5.74, 6) is 0.705. The van der Waals surface area contributed by atoms with Crippen LogP contribution in [0.1, 0.15) is 23.9 Å². The number of amides is 1. The molecule has 2 heterocycles. The molecule has 1 saturated heterocycles. The summed E-state index contributed by atoms with van der Waals surface area (Å²) in [5, 5.41) is 1.08. The molecular formula is C19H18N2OS2. The number of carbonyl (C=O) groups excluding carboxylic acids is 1. The zero-order chi connectivity index (χ0) is 16.4. The average Bonchev–Trinajstić information content (AvgIpc) is 3.26. The van der Waals surface area contributed by atoms with Gasteiger partial charge in [-0.2, -0.15) is 0 Å². The van der Waals surface area contributed by atoms with E-state index in [9.17, 15) is 4.79 Å². The second-order valence-corrected chi connectivity index (χ2v) is 7.98. The Balaban J connectivity index is 1.48. The van der Waals surface area contributed by atoms with E-state index in [1.54, 1.807) is 23.1 Å². The Labute approximate surface area is 149 Å². The van der Waals surface area contributed by atoms with Crippen LogP contribution in [0.5, 0.6) is 0 Å². The molecule has 1 amide bonds. The maximum atomic E-state index is 12.7. The smallest absolute Gasteiger partial charge is 0.233 e. The number of benzene rings is 2. The molecule has 1 fully saturated rings. The standard InChI is InChI=1S/C19H18N2OS2/c22-18(13-23-14-7-2-1-3-8-14)21-12-6-10-16(21)19-20-15-9-4-5-11-17(15)24-19/h1-5,7-9,11,16H,6,10,12-13H2. The molecule has 1 aliphatic rings. The largest absolute Gasteiger partial charge is 0.332 e. The van der Waals surface area contributed by atoms with Gasteiger partial charge >= 0.3 is 0 Å². The normalized spacial score (nSPS) is 17.5. The van der Waals surface area contributed by atoms with E-state index in [4.69, 9.17) is 4.98 Å². The number of likely N-dealkylation sites (tertiary alicyclic amines) is 1. The number of rotatable bonds is 4. The predicted octanol–water partition coefficient (Wildman–Crippen LogP) is 4.75. The predicted molar refractivity (Wildman–Crippen MR) is 100 cm³/mol. The third-order valence-electron chi connectivity index (χ3n) is 4.27. The van der Waals surface area contributed by atoms with Crippen LogP contribution in [0.4, 0.5) is 0 Å². The molecular weight excluding hydrogens is 336 g/mol. The van der Waals surface area contributed by atoms with Gasteiger partial charge in [-0.1, -0.05) is 30.3 Å². The summed E-state index contributed by atoms with van der Waals surface area (Å²) in [7, 11) is 0. The Morgan fingerprint density at radius 2 is 1.96 bits per heavy atom. The first-order valence-electron chi connectivity index (χ1n) is 8.14. The summed E-state index contributed by atoms with van der Waals surface area (Å²) < 4.78 is 1.20. The van der Waals surface area contributed by atoms with Crippen molar-refractivity contribution in [3.63, 3.8) is 0 Å². The SMILES string of the molecule is O=C(CSc1ccccc1)N1CCCC1c1nc2ccccc2s1. The Morgan fingerprint density at radius 1 is 1.17 bits per heavy atom. The summed E-state index contributed by atoms with van der Waals surface area (Å²) in [6.45, 7) is 0.842. The number of nitrogens with zero attached hydrogens (tertiary/aromatic N) is 2. The van der Waals surface area contributed by atoms with Crippen LogP contribution < -0.4 is 0 Å². The zero-order valence-electron chi connectivity index (χ0n) is 13.2. The number of hydrogen-bond donors (Lipinski definition) is 0. The molecule has 5 heteroatoms. The van der Waals surface area contributed by atoms with Gasteiger partial charge in [-0.05, 0) is 37.1 Å². The molecule has 3 aromatic rings. The Bertz CT molecular complexity index is 814. The summed E-state index contributed by atoms with van der Waals surface area (Å²) >= 11 is 3.33. The molecule has 0 bridgehead atoms. The first-order valence-corrected chi connectivity index (χ1v) is 9.94. The van der Waals surface area contributed by atoms with Gasteiger partial charge in [0, 0.05) is 11.4 Å². The molecule has 1 atom stereocenters. The van der Waals surface area contributed by atoms with Crippen molar-refractivity contribution in [2.75, 3.05) is 12.3 Å². The molecule has 0 aliphatic carbocycles. The summed E-state index contributed by atoms with van der Waals surface area (Å²) in [4.78, 5) is 20.6. The van der Waals surface area contributed by atoms with E-state index in [0.717, 1.165) is 34.8 Å². The van der Waals surface area contributed by atoms with E-state index >= 15 is 0 Å². The first kappa shape index (κ1) is 15.7. The van der Waals surface area contributed by atoms with Crippen LogP contribution in [-0.4, -0.2) is 28.1 Å². The third kappa shape index (κ3) is 3.19. The molecule has 1 aromatic heterocycles. The Morgan fingerprint density at radius 3 is 2.79 bits per heavy atom. The highest BCUT2D eigenvalue weighted by atomic mass is 32.2. The Hall–Kier alpha value is -1.85. The fraction of sp³-hybridized carbons (Fsp3) is 0.263. The van der Waals surface area contributed by atoms with Crippen LogP contribution in [0.2, 0.25) is 0 Å². The van der Waals surface area contributed by atoms with E-state index in [-0.39, 0.29) is 11.9 Å². The van der Waals surface area contributed by atoms with Gasteiger partial charge < -0.3 is 4.90 Å². The molecule has 0 N–H and O–H groups in total. The zero-order valence-corrected chi connectivity index (χ0v) is 14.9. The minimum absolute atomic E-state index is 0.145. The molecule has 1 unspecified atom stereocenters. The molecule has 3 nitrogen and oxygen atoms in total. The fourth-order valence-corrected chi connectivity index (χ4v) is 5.02. The summed E-state index contributed by atoms with van der Waals surface area (Å²) in [5.41, 5.74) is 1.04. The van der Waals surface area contributed by atoms with Gasteiger partial charge in [-0.25, -0.2) is 4.98 Å². The van der Waals surface area contributed by atoms with E-state index in [0.29, 0.717) is 5.75 Å². The lowest BCUT2D eigenvalue weighted by atomic mass is 10.2. The number of thiazole rings is 1. The second kappa shape index (κ2) is 6.95. The monoisotopic (exact) mass is 354 g/mol. The number of thioether (sulfide) groups is 1. The van der Waals surface area contributed by atoms with Crippen molar-refractivity contribution < 1.29 is 4.79 Å². The molecule has 2 aromatic carbocycles. The van der Waals surface area contributed by atoms with Crippen LogP contribution in [-0.2, 0) is 4.79 Å². The quantitative estimate of drug-likeness (QED) is 0.634. The van der Waals surface area contributed by atoms with Crippen molar-refractivity contribution in [3.8, 4) is 0 Å². The highest BCUT2D eigenvalue weighted by molar-refractivity contribution is 8.00.